The second kappa shape index (κ2) is 7.56. The van der Waals surface area contributed by atoms with Crippen molar-refractivity contribution >= 4 is 11.8 Å². The molecule has 0 spiro atoms. The number of aryl methyl sites for hydroxylation is 2. The number of nitrogens with zero attached hydrogens (tertiary/aromatic N) is 3. The molecule has 2 atom stereocenters. The second-order valence-corrected chi connectivity index (χ2v) is 6.94. The monoisotopic (exact) mass is 349 g/mol. The average molecular weight is 349 g/mol. The molecule has 3 fully saturated rings. The van der Waals surface area contributed by atoms with Crippen molar-refractivity contribution in [3.63, 3.8) is 0 Å². The Bertz CT molecular complexity index is 623. The molecule has 3 aliphatic rings. The number of ether oxygens (including phenoxy) is 1. The molecule has 0 radical (unpaired) electrons. The number of aromatic nitrogens is 1. The van der Waals surface area contributed by atoms with Gasteiger partial charge in [0.15, 0.2) is 0 Å². The lowest BCUT2D eigenvalue weighted by Crippen LogP contribution is -2.47. The fraction of sp³-hybridized carbons (Fsp3) is 0.722. The van der Waals surface area contributed by atoms with Crippen LogP contribution in [0.5, 0.6) is 0 Å². The summed E-state index contributed by atoms with van der Waals surface area (Å²) in [6.07, 6.45) is 2.18. The zero-order chi connectivity index (χ0) is 18.0. The van der Waals surface area contributed by atoms with E-state index in [1.165, 1.54) is 0 Å². The molecule has 0 aromatic carbocycles. The van der Waals surface area contributed by atoms with Crippen molar-refractivity contribution in [2.45, 2.75) is 52.6 Å². The highest BCUT2D eigenvalue weighted by Crippen LogP contribution is 2.31. The smallest absolute Gasteiger partial charge is 0.228 e. The van der Waals surface area contributed by atoms with Gasteiger partial charge >= 0.3 is 0 Å². The molecule has 0 saturated carbocycles. The van der Waals surface area contributed by atoms with E-state index in [-0.39, 0.29) is 23.8 Å². The molecule has 138 valence electrons. The molecule has 0 N–H and O–H groups in total. The highest BCUT2D eigenvalue weighted by molar-refractivity contribution is 5.83. The van der Waals surface area contributed by atoms with Gasteiger partial charge in [-0.25, -0.2) is 0 Å². The minimum atomic E-state index is -0.102. The molecule has 7 nitrogen and oxygen atoms in total. The standard InChI is InChI=1S/C18H27N3O4/c1-4-24-8-7-17(22)20-9-14-5-6-15(10-20)21(18(14)23)11-16-12(2)19-25-13(16)3/h14-15H,4-11H2,1-3H3/t14-,15+/m1/s1. The number of rotatable bonds is 6. The molecular weight excluding hydrogens is 322 g/mol. The molecule has 25 heavy (non-hydrogen) atoms. The fourth-order valence-electron chi connectivity index (χ4n) is 3.81. The van der Waals surface area contributed by atoms with E-state index in [9.17, 15) is 9.59 Å². The third-order valence-corrected chi connectivity index (χ3v) is 5.32. The maximum Gasteiger partial charge on any atom is 0.228 e. The summed E-state index contributed by atoms with van der Waals surface area (Å²) >= 11 is 0. The summed E-state index contributed by atoms with van der Waals surface area (Å²) in [6.45, 7) is 8.40. The van der Waals surface area contributed by atoms with Gasteiger partial charge in [-0.05, 0) is 33.6 Å². The van der Waals surface area contributed by atoms with E-state index in [0.29, 0.717) is 39.3 Å². The Morgan fingerprint density at radius 1 is 1.32 bits per heavy atom. The van der Waals surface area contributed by atoms with Gasteiger partial charge in [0.05, 0.1) is 31.2 Å². The summed E-state index contributed by atoms with van der Waals surface area (Å²) in [5.41, 5.74) is 1.81. The van der Waals surface area contributed by atoms with Gasteiger partial charge < -0.3 is 19.1 Å². The molecule has 0 aliphatic carbocycles. The fourth-order valence-corrected chi connectivity index (χ4v) is 3.81. The minimum Gasteiger partial charge on any atom is -0.381 e. The van der Waals surface area contributed by atoms with Crippen molar-refractivity contribution in [1.29, 1.82) is 0 Å². The molecule has 7 heteroatoms. The van der Waals surface area contributed by atoms with Crippen LogP contribution in [0.4, 0.5) is 0 Å². The third-order valence-electron chi connectivity index (χ3n) is 5.32. The molecule has 1 aromatic heterocycles. The Labute approximate surface area is 148 Å². The van der Waals surface area contributed by atoms with E-state index in [1.807, 2.05) is 30.6 Å². The van der Waals surface area contributed by atoms with Crippen molar-refractivity contribution in [3.05, 3.63) is 17.0 Å². The summed E-state index contributed by atoms with van der Waals surface area (Å²) in [5.74, 6) is 0.888. The van der Waals surface area contributed by atoms with Crippen LogP contribution >= 0.6 is 0 Å². The maximum atomic E-state index is 12.9. The normalized spacial score (nSPS) is 23.2. The Morgan fingerprint density at radius 2 is 2.12 bits per heavy atom. The van der Waals surface area contributed by atoms with Gasteiger partial charge in [0.1, 0.15) is 5.76 Å². The predicted octanol–water partition coefficient (Wildman–Crippen LogP) is 1.67. The summed E-state index contributed by atoms with van der Waals surface area (Å²) in [5, 5.41) is 3.99. The molecule has 1 aromatic rings. The van der Waals surface area contributed by atoms with E-state index in [0.717, 1.165) is 29.9 Å². The quantitative estimate of drug-likeness (QED) is 0.730. The summed E-state index contributed by atoms with van der Waals surface area (Å²) < 4.78 is 10.5. The molecule has 0 unspecified atom stereocenters. The van der Waals surface area contributed by atoms with Crippen LogP contribution in [-0.4, -0.2) is 59.1 Å². The Kier molecular flexibility index (Phi) is 5.42. The zero-order valence-corrected chi connectivity index (χ0v) is 15.3. The number of carbonyl (C=O) groups is 2. The maximum absolute atomic E-state index is 12.9. The van der Waals surface area contributed by atoms with Crippen LogP contribution in [0.3, 0.4) is 0 Å². The van der Waals surface area contributed by atoms with Gasteiger partial charge in [0.2, 0.25) is 11.8 Å². The predicted molar refractivity (Wildman–Crippen MR) is 90.7 cm³/mol. The van der Waals surface area contributed by atoms with E-state index in [1.54, 1.807) is 0 Å². The first-order valence-electron chi connectivity index (χ1n) is 9.09. The average Bonchev–Trinajstić information content (AvgIpc) is 2.78. The number of hydrogen-bond donors (Lipinski definition) is 0. The molecule has 2 bridgehead atoms. The van der Waals surface area contributed by atoms with Crippen molar-refractivity contribution in [1.82, 2.24) is 15.0 Å². The van der Waals surface area contributed by atoms with Crippen LogP contribution in [-0.2, 0) is 20.9 Å². The largest absolute Gasteiger partial charge is 0.381 e. The topological polar surface area (TPSA) is 75.9 Å². The van der Waals surface area contributed by atoms with Crippen LogP contribution in [0.2, 0.25) is 0 Å². The van der Waals surface area contributed by atoms with Gasteiger partial charge in [0, 0.05) is 31.3 Å². The van der Waals surface area contributed by atoms with E-state index in [4.69, 9.17) is 9.26 Å². The lowest BCUT2D eigenvalue weighted by atomic mass is 9.93. The second-order valence-electron chi connectivity index (χ2n) is 6.94. The minimum absolute atomic E-state index is 0.0657. The molecule has 4 rings (SSSR count). The van der Waals surface area contributed by atoms with E-state index < -0.39 is 0 Å². The highest BCUT2D eigenvalue weighted by Gasteiger charge is 2.42. The third kappa shape index (κ3) is 3.71. The summed E-state index contributed by atoms with van der Waals surface area (Å²) in [6, 6.07) is 0.0657. The van der Waals surface area contributed by atoms with Gasteiger partial charge in [-0.2, -0.15) is 0 Å². The van der Waals surface area contributed by atoms with Gasteiger partial charge in [-0.1, -0.05) is 5.16 Å². The first-order chi connectivity index (χ1) is 12.0. The van der Waals surface area contributed by atoms with Crippen molar-refractivity contribution in [3.8, 4) is 0 Å². The highest BCUT2D eigenvalue weighted by atomic mass is 16.5. The lowest BCUT2D eigenvalue weighted by Gasteiger charge is -2.35. The van der Waals surface area contributed by atoms with Crippen molar-refractivity contribution in [2.75, 3.05) is 26.3 Å². The van der Waals surface area contributed by atoms with Gasteiger partial charge in [-0.15, -0.1) is 0 Å². The SMILES string of the molecule is CCOCCC(=O)N1C[C@H]2CC[C@@H](C1)N(Cc1c(C)noc1C)C2=O. The number of amides is 2. The molecule has 3 saturated heterocycles. The number of piperidine rings is 1. The molecule has 3 aliphatic heterocycles. The molecular formula is C18H27N3O4. The number of hydrogen-bond acceptors (Lipinski definition) is 5. The Hall–Kier alpha value is -1.89. The zero-order valence-electron chi connectivity index (χ0n) is 15.3. The van der Waals surface area contributed by atoms with E-state index in [2.05, 4.69) is 5.16 Å². The first-order valence-corrected chi connectivity index (χ1v) is 9.09. The number of carbonyl (C=O) groups excluding carboxylic acids is 2. The molecule has 4 heterocycles. The summed E-state index contributed by atoms with van der Waals surface area (Å²) in [7, 11) is 0. The molecule has 2 amide bonds. The van der Waals surface area contributed by atoms with Crippen LogP contribution in [0.15, 0.2) is 4.52 Å². The van der Waals surface area contributed by atoms with Crippen LogP contribution in [0.1, 0.15) is 43.2 Å². The van der Waals surface area contributed by atoms with Gasteiger partial charge in [0.25, 0.3) is 0 Å². The van der Waals surface area contributed by atoms with Crippen LogP contribution < -0.4 is 0 Å². The lowest BCUT2D eigenvalue weighted by molar-refractivity contribution is -0.140. The van der Waals surface area contributed by atoms with Crippen molar-refractivity contribution < 1.29 is 18.8 Å². The van der Waals surface area contributed by atoms with Gasteiger partial charge in [-0.3, -0.25) is 9.59 Å². The summed E-state index contributed by atoms with van der Waals surface area (Å²) in [4.78, 5) is 29.2. The Balaban J connectivity index is 1.71. The number of fused-ring (bicyclic) bond motifs is 4. The van der Waals surface area contributed by atoms with Crippen molar-refractivity contribution in [2.24, 2.45) is 5.92 Å². The van der Waals surface area contributed by atoms with Crippen LogP contribution in [0.25, 0.3) is 0 Å². The first kappa shape index (κ1) is 17.9. The Morgan fingerprint density at radius 3 is 2.80 bits per heavy atom. The van der Waals surface area contributed by atoms with E-state index >= 15 is 0 Å². The van der Waals surface area contributed by atoms with Crippen LogP contribution in [0, 0.1) is 19.8 Å².